The van der Waals surface area contributed by atoms with Gasteiger partial charge >= 0.3 is 5.69 Å². The van der Waals surface area contributed by atoms with E-state index >= 15 is 0 Å². The number of halogens is 2. The predicted molar refractivity (Wildman–Crippen MR) is 39.3 cm³/mol. The molecule has 0 aliphatic heterocycles. The number of rotatable bonds is 0. The van der Waals surface area contributed by atoms with Gasteiger partial charge in [-0.25, -0.2) is 4.79 Å². The first kappa shape index (κ1) is 9.19. The topological polar surface area (TPSA) is 84.7 Å². The Bertz CT molecular complexity index is 248. The Morgan fingerprint density at radius 1 is 1.50 bits per heavy atom. The van der Waals surface area contributed by atoms with E-state index in [4.69, 9.17) is 17.3 Å². The Balaban J connectivity index is 0.000000810. The summed E-state index contributed by atoms with van der Waals surface area (Å²) in [6.45, 7) is 0. The SMILES string of the molecule is Cl.Nc1nc(Cl)[nH]c(=O)n1. The van der Waals surface area contributed by atoms with Crippen LogP contribution < -0.4 is 11.4 Å². The minimum atomic E-state index is -0.590. The van der Waals surface area contributed by atoms with E-state index in [0.717, 1.165) is 0 Å². The fourth-order valence-electron chi connectivity index (χ4n) is 0.374. The Hall–Kier alpha value is -0.810. The van der Waals surface area contributed by atoms with Crippen molar-refractivity contribution in [2.45, 2.75) is 0 Å². The van der Waals surface area contributed by atoms with Crippen LogP contribution in [0, 0.1) is 0 Å². The lowest BCUT2D eigenvalue weighted by atomic mass is 11.0. The highest BCUT2D eigenvalue weighted by Crippen LogP contribution is 1.93. The van der Waals surface area contributed by atoms with Crippen LogP contribution in [0.5, 0.6) is 0 Å². The van der Waals surface area contributed by atoms with Crippen LogP contribution in [0.3, 0.4) is 0 Å². The van der Waals surface area contributed by atoms with Crippen LogP contribution >= 0.6 is 24.0 Å². The normalized spacial score (nSPS) is 8.50. The summed E-state index contributed by atoms with van der Waals surface area (Å²) in [4.78, 5) is 19.1. The molecule has 0 aliphatic rings. The molecular weight excluding hydrogens is 179 g/mol. The maximum absolute atomic E-state index is 10.3. The minimum Gasteiger partial charge on any atom is -0.368 e. The Morgan fingerprint density at radius 3 is 2.50 bits per heavy atom. The summed E-state index contributed by atoms with van der Waals surface area (Å²) in [5.74, 6) is -0.122. The predicted octanol–water partition coefficient (Wildman–Crippen LogP) is -0.178. The smallest absolute Gasteiger partial charge is 0.350 e. The number of aromatic amines is 1. The number of anilines is 1. The highest BCUT2D eigenvalue weighted by molar-refractivity contribution is 6.28. The number of aromatic nitrogens is 3. The molecule has 0 unspecified atom stereocenters. The molecule has 10 heavy (non-hydrogen) atoms. The standard InChI is InChI=1S/C3H3ClN4O.ClH/c4-1-6-2(5)8-3(9)7-1;/h(H3,5,6,7,8,9);1H. The van der Waals surface area contributed by atoms with Crippen LogP contribution in [0.15, 0.2) is 4.79 Å². The van der Waals surface area contributed by atoms with Crippen molar-refractivity contribution in [3.05, 3.63) is 15.8 Å². The molecule has 0 fully saturated rings. The molecule has 0 atom stereocenters. The first-order valence-electron chi connectivity index (χ1n) is 2.08. The molecule has 56 valence electrons. The molecule has 0 bridgehead atoms. The van der Waals surface area contributed by atoms with Crippen LogP contribution in [0.4, 0.5) is 5.95 Å². The van der Waals surface area contributed by atoms with Crippen molar-refractivity contribution < 1.29 is 0 Å². The number of hydrogen-bond donors (Lipinski definition) is 2. The summed E-state index contributed by atoms with van der Waals surface area (Å²) in [6.07, 6.45) is 0. The zero-order valence-corrected chi connectivity index (χ0v) is 6.24. The summed E-state index contributed by atoms with van der Waals surface area (Å²) in [5, 5.41) is -0.0486. The molecule has 1 rings (SSSR count). The number of nitrogens with one attached hydrogen (secondary N) is 1. The summed E-state index contributed by atoms with van der Waals surface area (Å²) < 4.78 is 0. The summed E-state index contributed by atoms with van der Waals surface area (Å²) in [6, 6.07) is 0. The molecule has 0 radical (unpaired) electrons. The fourth-order valence-corrected chi connectivity index (χ4v) is 0.541. The van der Waals surface area contributed by atoms with Crippen LogP contribution in [-0.2, 0) is 0 Å². The second kappa shape index (κ2) is 3.38. The van der Waals surface area contributed by atoms with Gasteiger partial charge in [0.25, 0.3) is 0 Å². The van der Waals surface area contributed by atoms with Crippen molar-refractivity contribution >= 4 is 30.0 Å². The maximum atomic E-state index is 10.3. The first-order valence-corrected chi connectivity index (χ1v) is 2.45. The monoisotopic (exact) mass is 182 g/mol. The van der Waals surface area contributed by atoms with Crippen molar-refractivity contribution in [2.24, 2.45) is 0 Å². The van der Waals surface area contributed by atoms with Gasteiger partial charge in [0, 0.05) is 0 Å². The van der Waals surface area contributed by atoms with Crippen LogP contribution in [0.2, 0.25) is 5.28 Å². The Kier molecular flexibility index (Phi) is 3.11. The summed E-state index contributed by atoms with van der Waals surface area (Å²) in [5.41, 5.74) is 4.44. The van der Waals surface area contributed by atoms with Crippen LogP contribution in [0.25, 0.3) is 0 Å². The average molecular weight is 183 g/mol. The number of hydrogen-bond acceptors (Lipinski definition) is 4. The zero-order valence-electron chi connectivity index (χ0n) is 4.67. The molecule has 0 aliphatic carbocycles. The molecule has 0 saturated heterocycles. The third-order valence-electron chi connectivity index (χ3n) is 0.639. The lowest BCUT2D eigenvalue weighted by molar-refractivity contribution is 1.00. The van der Waals surface area contributed by atoms with Crippen molar-refractivity contribution in [1.29, 1.82) is 0 Å². The molecule has 7 heteroatoms. The van der Waals surface area contributed by atoms with E-state index in [0.29, 0.717) is 0 Å². The second-order valence-electron chi connectivity index (χ2n) is 1.30. The van der Waals surface area contributed by atoms with Crippen molar-refractivity contribution in [3.8, 4) is 0 Å². The molecule has 0 aromatic carbocycles. The molecule has 0 spiro atoms. The fraction of sp³-hybridized carbons (Fsp3) is 0. The second-order valence-corrected chi connectivity index (χ2v) is 1.66. The first-order chi connectivity index (χ1) is 4.18. The third kappa shape index (κ3) is 2.20. The van der Waals surface area contributed by atoms with Gasteiger partial charge in [0.1, 0.15) is 0 Å². The molecule has 1 aromatic rings. The van der Waals surface area contributed by atoms with E-state index in [-0.39, 0.29) is 23.6 Å². The number of nitrogens with zero attached hydrogens (tertiary/aromatic N) is 2. The molecule has 1 heterocycles. The van der Waals surface area contributed by atoms with Crippen LogP contribution in [-0.4, -0.2) is 15.0 Å². The van der Waals surface area contributed by atoms with E-state index in [1.165, 1.54) is 0 Å². The lowest BCUT2D eigenvalue weighted by Gasteiger charge is -1.87. The van der Waals surface area contributed by atoms with Crippen molar-refractivity contribution in [1.82, 2.24) is 15.0 Å². The van der Waals surface area contributed by atoms with Gasteiger partial charge in [-0.15, -0.1) is 12.4 Å². The van der Waals surface area contributed by atoms with E-state index in [9.17, 15) is 4.79 Å². The molecule has 3 N–H and O–H groups in total. The van der Waals surface area contributed by atoms with Gasteiger partial charge in [-0.2, -0.15) is 9.97 Å². The molecule has 1 aromatic heterocycles. The number of nitrogens with two attached hydrogens (primary N) is 1. The Labute approximate surface area is 67.0 Å². The lowest BCUT2D eigenvalue weighted by Crippen LogP contribution is -2.13. The minimum absolute atomic E-state index is 0. The third-order valence-corrected chi connectivity index (χ3v) is 0.818. The van der Waals surface area contributed by atoms with Gasteiger partial charge in [-0.05, 0) is 11.6 Å². The number of nitrogen functional groups attached to an aromatic ring is 1. The van der Waals surface area contributed by atoms with E-state index < -0.39 is 5.69 Å². The Morgan fingerprint density at radius 2 is 2.10 bits per heavy atom. The van der Waals surface area contributed by atoms with Crippen molar-refractivity contribution in [3.63, 3.8) is 0 Å². The van der Waals surface area contributed by atoms with E-state index in [2.05, 4.69) is 15.0 Å². The van der Waals surface area contributed by atoms with Gasteiger partial charge in [0.05, 0.1) is 0 Å². The largest absolute Gasteiger partial charge is 0.368 e. The van der Waals surface area contributed by atoms with E-state index in [1.54, 1.807) is 0 Å². The van der Waals surface area contributed by atoms with Gasteiger partial charge < -0.3 is 5.73 Å². The van der Waals surface area contributed by atoms with Gasteiger partial charge in [0.2, 0.25) is 11.2 Å². The average Bonchev–Trinajstić information content (AvgIpc) is 1.59. The zero-order chi connectivity index (χ0) is 6.85. The number of H-pyrrole nitrogens is 1. The summed E-state index contributed by atoms with van der Waals surface area (Å²) in [7, 11) is 0. The van der Waals surface area contributed by atoms with Crippen molar-refractivity contribution in [2.75, 3.05) is 5.73 Å². The molecule has 0 saturated carbocycles. The maximum Gasteiger partial charge on any atom is 0.350 e. The summed E-state index contributed by atoms with van der Waals surface area (Å²) >= 11 is 5.26. The van der Waals surface area contributed by atoms with Gasteiger partial charge in [-0.3, -0.25) is 4.98 Å². The highest BCUT2D eigenvalue weighted by Gasteiger charge is 1.92. The molecule has 0 amide bonds. The quantitative estimate of drug-likeness (QED) is 0.584. The van der Waals surface area contributed by atoms with Gasteiger partial charge in [-0.1, -0.05) is 0 Å². The van der Waals surface area contributed by atoms with Crippen LogP contribution in [0.1, 0.15) is 0 Å². The van der Waals surface area contributed by atoms with E-state index in [1.807, 2.05) is 0 Å². The van der Waals surface area contributed by atoms with Gasteiger partial charge in [0.15, 0.2) is 0 Å². The molecular formula is C3H4Cl2N4O. The molecule has 5 nitrogen and oxygen atoms in total. The highest BCUT2D eigenvalue weighted by atomic mass is 35.5.